The Kier molecular flexibility index (Phi) is 2.92. The van der Waals surface area contributed by atoms with Gasteiger partial charge < -0.3 is 10.8 Å². The van der Waals surface area contributed by atoms with Crippen LogP contribution in [-0.2, 0) is 4.79 Å². The van der Waals surface area contributed by atoms with Crippen LogP contribution in [0.1, 0.15) is 18.2 Å². The molecule has 70 valence electrons. The lowest BCUT2D eigenvalue weighted by Gasteiger charge is -2.07. The normalized spacial score (nSPS) is 12.5. The molecule has 0 aliphatic carbocycles. The average Bonchev–Trinajstić information content (AvgIpc) is 2.03. The fourth-order valence-electron chi connectivity index (χ4n) is 0.923. The first-order valence-electron chi connectivity index (χ1n) is 3.69. The topological polar surface area (TPSA) is 76.2 Å². The van der Waals surface area contributed by atoms with Crippen molar-refractivity contribution in [3.8, 4) is 0 Å². The van der Waals surface area contributed by atoms with E-state index in [9.17, 15) is 9.18 Å². The van der Waals surface area contributed by atoms with Crippen molar-refractivity contribution in [2.75, 3.05) is 0 Å². The second kappa shape index (κ2) is 3.95. The number of pyridine rings is 1. The molecular weight excluding hydrogens is 175 g/mol. The fourth-order valence-corrected chi connectivity index (χ4v) is 0.923. The Bertz CT molecular complexity index is 317. The standard InChI is InChI=1S/C8H9FN2O2/c9-7-3-1-2-6(11-7)5(10)4-8(12)13/h1-3,5H,4,10H2,(H,12,13)/t5-/m1/s1. The first-order valence-corrected chi connectivity index (χ1v) is 3.69. The number of carbonyl (C=O) groups is 1. The zero-order chi connectivity index (χ0) is 9.84. The van der Waals surface area contributed by atoms with Crippen LogP contribution in [0.4, 0.5) is 4.39 Å². The maximum Gasteiger partial charge on any atom is 0.305 e. The number of halogens is 1. The molecule has 0 spiro atoms. The summed E-state index contributed by atoms with van der Waals surface area (Å²) >= 11 is 0. The zero-order valence-corrected chi connectivity index (χ0v) is 6.77. The summed E-state index contributed by atoms with van der Waals surface area (Å²) < 4.78 is 12.6. The molecule has 1 atom stereocenters. The molecule has 0 aliphatic rings. The third kappa shape index (κ3) is 2.79. The van der Waals surface area contributed by atoms with Crippen molar-refractivity contribution in [1.82, 2.24) is 4.98 Å². The Balaban J connectivity index is 2.76. The first-order chi connectivity index (χ1) is 6.09. The summed E-state index contributed by atoms with van der Waals surface area (Å²) in [7, 11) is 0. The van der Waals surface area contributed by atoms with Gasteiger partial charge in [-0.2, -0.15) is 4.39 Å². The predicted octanol–water partition coefficient (Wildman–Crippen LogP) is 0.695. The minimum atomic E-state index is -1.03. The van der Waals surface area contributed by atoms with E-state index in [-0.39, 0.29) is 12.1 Å². The second-order valence-corrected chi connectivity index (χ2v) is 2.59. The molecular formula is C8H9FN2O2. The number of rotatable bonds is 3. The number of aromatic nitrogens is 1. The molecule has 0 amide bonds. The van der Waals surface area contributed by atoms with Crippen LogP contribution in [0.25, 0.3) is 0 Å². The molecule has 1 aromatic rings. The minimum absolute atomic E-state index is 0.252. The van der Waals surface area contributed by atoms with Crippen LogP contribution in [0, 0.1) is 5.95 Å². The summed E-state index contributed by atoms with van der Waals surface area (Å²) in [6, 6.07) is 3.36. The highest BCUT2D eigenvalue weighted by Crippen LogP contribution is 2.10. The van der Waals surface area contributed by atoms with Gasteiger partial charge in [-0.3, -0.25) is 4.79 Å². The molecule has 1 heterocycles. The van der Waals surface area contributed by atoms with Gasteiger partial charge in [0.2, 0.25) is 5.95 Å². The molecule has 4 nitrogen and oxygen atoms in total. The molecule has 0 fully saturated rings. The van der Waals surface area contributed by atoms with E-state index in [1.54, 1.807) is 0 Å². The molecule has 1 aromatic heterocycles. The number of carboxylic acid groups (broad SMARTS) is 1. The second-order valence-electron chi connectivity index (χ2n) is 2.59. The molecule has 0 aromatic carbocycles. The molecule has 0 bridgehead atoms. The molecule has 0 saturated heterocycles. The Morgan fingerprint density at radius 2 is 2.38 bits per heavy atom. The summed E-state index contributed by atoms with van der Waals surface area (Å²) in [5.74, 6) is -1.68. The van der Waals surface area contributed by atoms with Crippen molar-refractivity contribution in [3.05, 3.63) is 29.8 Å². The van der Waals surface area contributed by atoms with E-state index in [1.165, 1.54) is 18.2 Å². The lowest BCUT2D eigenvalue weighted by molar-refractivity contribution is -0.137. The smallest absolute Gasteiger partial charge is 0.305 e. The van der Waals surface area contributed by atoms with Crippen molar-refractivity contribution >= 4 is 5.97 Å². The molecule has 5 heteroatoms. The summed E-state index contributed by atoms with van der Waals surface area (Å²) in [4.78, 5) is 13.7. The number of nitrogens with two attached hydrogens (primary N) is 1. The third-order valence-corrected chi connectivity index (χ3v) is 1.51. The SMILES string of the molecule is N[C@H](CC(=O)O)c1cccc(F)n1. The van der Waals surface area contributed by atoms with Crippen LogP contribution in [-0.4, -0.2) is 16.1 Å². The number of hydrogen-bond acceptors (Lipinski definition) is 3. The van der Waals surface area contributed by atoms with Crippen molar-refractivity contribution in [2.45, 2.75) is 12.5 Å². The Labute approximate surface area is 74.2 Å². The van der Waals surface area contributed by atoms with E-state index in [2.05, 4.69) is 4.98 Å². The molecule has 0 radical (unpaired) electrons. The van der Waals surface area contributed by atoms with Gasteiger partial charge in [0.05, 0.1) is 18.2 Å². The highest BCUT2D eigenvalue weighted by molar-refractivity contribution is 5.67. The van der Waals surface area contributed by atoms with Crippen molar-refractivity contribution < 1.29 is 14.3 Å². The van der Waals surface area contributed by atoms with Crippen molar-refractivity contribution in [3.63, 3.8) is 0 Å². The van der Waals surface area contributed by atoms with E-state index in [0.29, 0.717) is 0 Å². The maximum atomic E-state index is 12.6. The van der Waals surface area contributed by atoms with Crippen LogP contribution in [0.3, 0.4) is 0 Å². The van der Waals surface area contributed by atoms with Gasteiger partial charge in [-0.1, -0.05) is 6.07 Å². The molecule has 0 unspecified atom stereocenters. The van der Waals surface area contributed by atoms with Gasteiger partial charge in [-0.05, 0) is 12.1 Å². The van der Waals surface area contributed by atoms with E-state index in [1.807, 2.05) is 0 Å². The van der Waals surface area contributed by atoms with E-state index >= 15 is 0 Å². The van der Waals surface area contributed by atoms with Gasteiger partial charge in [0.25, 0.3) is 0 Å². The molecule has 13 heavy (non-hydrogen) atoms. The Morgan fingerprint density at radius 3 is 2.92 bits per heavy atom. The Morgan fingerprint density at radius 1 is 1.69 bits per heavy atom. The average molecular weight is 184 g/mol. The molecule has 0 aliphatic heterocycles. The van der Waals surface area contributed by atoms with Gasteiger partial charge in [0.15, 0.2) is 0 Å². The van der Waals surface area contributed by atoms with Gasteiger partial charge >= 0.3 is 5.97 Å². The predicted molar refractivity (Wildman–Crippen MR) is 43.4 cm³/mol. The van der Waals surface area contributed by atoms with Gasteiger partial charge in [-0.25, -0.2) is 4.98 Å². The molecule has 1 rings (SSSR count). The van der Waals surface area contributed by atoms with Crippen LogP contribution in [0.5, 0.6) is 0 Å². The highest BCUT2D eigenvalue weighted by Gasteiger charge is 2.11. The summed E-state index contributed by atoms with van der Waals surface area (Å²) in [6.45, 7) is 0. The van der Waals surface area contributed by atoms with Crippen LogP contribution >= 0.6 is 0 Å². The first kappa shape index (κ1) is 9.60. The summed E-state index contributed by atoms with van der Waals surface area (Å²) in [5, 5.41) is 8.41. The van der Waals surface area contributed by atoms with Crippen molar-refractivity contribution in [1.29, 1.82) is 0 Å². The lowest BCUT2D eigenvalue weighted by Crippen LogP contribution is -2.16. The fraction of sp³-hybridized carbons (Fsp3) is 0.250. The number of aliphatic carboxylic acids is 1. The van der Waals surface area contributed by atoms with E-state index in [4.69, 9.17) is 10.8 Å². The highest BCUT2D eigenvalue weighted by atomic mass is 19.1. The number of carboxylic acids is 1. The maximum absolute atomic E-state index is 12.6. The van der Waals surface area contributed by atoms with Crippen LogP contribution < -0.4 is 5.73 Å². The largest absolute Gasteiger partial charge is 0.481 e. The van der Waals surface area contributed by atoms with Gasteiger partial charge in [0.1, 0.15) is 0 Å². The molecule has 0 saturated carbocycles. The minimum Gasteiger partial charge on any atom is -0.481 e. The third-order valence-electron chi connectivity index (χ3n) is 1.51. The quantitative estimate of drug-likeness (QED) is 0.678. The number of hydrogen-bond donors (Lipinski definition) is 2. The van der Waals surface area contributed by atoms with Gasteiger partial charge in [-0.15, -0.1) is 0 Å². The van der Waals surface area contributed by atoms with E-state index < -0.39 is 18.0 Å². The van der Waals surface area contributed by atoms with Crippen molar-refractivity contribution in [2.24, 2.45) is 5.73 Å². The summed E-state index contributed by atoms with van der Waals surface area (Å²) in [6.07, 6.45) is -0.254. The Hall–Kier alpha value is -1.49. The lowest BCUT2D eigenvalue weighted by atomic mass is 10.1. The number of nitrogens with zero attached hydrogens (tertiary/aromatic N) is 1. The molecule has 3 N–H and O–H groups in total. The summed E-state index contributed by atoms with van der Waals surface area (Å²) in [5.41, 5.74) is 5.71. The van der Waals surface area contributed by atoms with Crippen LogP contribution in [0.15, 0.2) is 18.2 Å². The van der Waals surface area contributed by atoms with Crippen LogP contribution in [0.2, 0.25) is 0 Å². The zero-order valence-electron chi connectivity index (χ0n) is 6.77. The van der Waals surface area contributed by atoms with Gasteiger partial charge in [0, 0.05) is 0 Å². The monoisotopic (exact) mass is 184 g/mol. The van der Waals surface area contributed by atoms with E-state index in [0.717, 1.165) is 0 Å².